The fraction of sp³-hybridized carbons (Fsp3) is 0.143. The van der Waals surface area contributed by atoms with Crippen LogP contribution in [-0.4, -0.2) is 40.0 Å². The molecule has 0 atom stereocenters. The van der Waals surface area contributed by atoms with Gasteiger partial charge in [0.1, 0.15) is 6.10 Å². The summed E-state index contributed by atoms with van der Waals surface area (Å²) in [6.45, 7) is 1.25. The molecule has 0 amide bonds. The number of carbonyl (C=O) groups is 1. The van der Waals surface area contributed by atoms with Crippen LogP contribution in [0.2, 0.25) is 0 Å². The SMILES string of the molecule is O=C(O)c1cccc(N2CC(OC(=S)Nc3ccc(Br)cc3)C2)c1-n1cccc1. The third kappa shape index (κ3) is 4.28. The summed E-state index contributed by atoms with van der Waals surface area (Å²) in [7, 11) is 0. The number of carboxylic acid groups (broad SMARTS) is 1. The number of rotatable bonds is 5. The molecule has 0 unspecified atom stereocenters. The van der Waals surface area contributed by atoms with Crippen LogP contribution in [0.15, 0.2) is 71.5 Å². The summed E-state index contributed by atoms with van der Waals surface area (Å²) in [5.41, 5.74) is 2.63. The zero-order valence-electron chi connectivity index (χ0n) is 15.3. The molecule has 1 saturated heterocycles. The molecule has 8 heteroatoms. The summed E-state index contributed by atoms with van der Waals surface area (Å²) in [6.07, 6.45) is 3.63. The second-order valence-corrected chi connectivity index (χ2v) is 7.92. The van der Waals surface area contributed by atoms with E-state index in [4.69, 9.17) is 17.0 Å². The minimum Gasteiger partial charge on any atom is -0.478 e. The van der Waals surface area contributed by atoms with Crippen LogP contribution < -0.4 is 10.2 Å². The molecule has 148 valence electrons. The van der Waals surface area contributed by atoms with Gasteiger partial charge in [0.15, 0.2) is 0 Å². The van der Waals surface area contributed by atoms with Crippen LogP contribution in [0.3, 0.4) is 0 Å². The van der Waals surface area contributed by atoms with Crippen molar-refractivity contribution in [1.82, 2.24) is 4.57 Å². The quantitative estimate of drug-likeness (QED) is 0.532. The number of hydrogen-bond donors (Lipinski definition) is 2. The van der Waals surface area contributed by atoms with Crippen molar-refractivity contribution in [3.8, 4) is 5.69 Å². The summed E-state index contributed by atoms with van der Waals surface area (Å²) < 4.78 is 8.64. The van der Waals surface area contributed by atoms with Crippen LogP contribution in [0.25, 0.3) is 5.69 Å². The highest BCUT2D eigenvalue weighted by Gasteiger charge is 2.32. The number of carboxylic acids is 1. The lowest BCUT2D eigenvalue weighted by molar-refractivity contribution is 0.0697. The largest absolute Gasteiger partial charge is 0.478 e. The molecule has 2 aromatic carbocycles. The van der Waals surface area contributed by atoms with Gasteiger partial charge in [-0.3, -0.25) is 0 Å². The Balaban J connectivity index is 1.43. The normalized spacial score (nSPS) is 13.6. The second-order valence-electron chi connectivity index (χ2n) is 6.63. The van der Waals surface area contributed by atoms with Gasteiger partial charge in [-0.25, -0.2) is 4.79 Å². The molecular formula is C21H18BrN3O3S. The Morgan fingerprint density at radius 1 is 1.10 bits per heavy atom. The van der Waals surface area contributed by atoms with Gasteiger partial charge in [0.2, 0.25) is 0 Å². The summed E-state index contributed by atoms with van der Waals surface area (Å²) in [6, 6.07) is 16.7. The first-order valence-electron chi connectivity index (χ1n) is 8.99. The number of anilines is 2. The van der Waals surface area contributed by atoms with Gasteiger partial charge in [0.25, 0.3) is 5.17 Å². The highest BCUT2D eigenvalue weighted by molar-refractivity contribution is 9.10. The fourth-order valence-corrected chi connectivity index (χ4v) is 3.77. The number of aromatic nitrogens is 1. The number of ether oxygens (including phenoxy) is 1. The van der Waals surface area contributed by atoms with E-state index in [0.717, 1.165) is 15.8 Å². The minimum atomic E-state index is -0.955. The number of nitrogens with zero attached hydrogens (tertiary/aromatic N) is 2. The number of thiocarbonyl (C=S) groups is 1. The maximum atomic E-state index is 11.7. The molecule has 0 spiro atoms. The van der Waals surface area contributed by atoms with Gasteiger partial charge < -0.3 is 24.6 Å². The Labute approximate surface area is 181 Å². The Morgan fingerprint density at radius 2 is 1.79 bits per heavy atom. The highest BCUT2D eigenvalue weighted by Crippen LogP contribution is 2.32. The lowest BCUT2D eigenvalue weighted by Gasteiger charge is -2.41. The third-order valence-corrected chi connectivity index (χ3v) is 5.39. The van der Waals surface area contributed by atoms with E-state index in [-0.39, 0.29) is 11.7 Å². The maximum absolute atomic E-state index is 11.7. The summed E-state index contributed by atoms with van der Waals surface area (Å²) >= 11 is 8.70. The molecule has 1 aliphatic rings. The molecule has 1 fully saturated rings. The monoisotopic (exact) mass is 471 g/mol. The zero-order chi connectivity index (χ0) is 20.4. The number of para-hydroxylation sites is 1. The van der Waals surface area contributed by atoms with Gasteiger partial charge >= 0.3 is 5.97 Å². The summed E-state index contributed by atoms with van der Waals surface area (Å²) in [4.78, 5) is 13.8. The van der Waals surface area contributed by atoms with Crippen molar-refractivity contribution in [1.29, 1.82) is 0 Å². The van der Waals surface area contributed by atoms with Crippen molar-refractivity contribution in [2.24, 2.45) is 0 Å². The van der Waals surface area contributed by atoms with Gasteiger partial charge in [-0.2, -0.15) is 0 Å². The van der Waals surface area contributed by atoms with Crippen molar-refractivity contribution in [2.75, 3.05) is 23.3 Å². The van der Waals surface area contributed by atoms with Gasteiger partial charge in [-0.1, -0.05) is 22.0 Å². The van der Waals surface area contributed by atoms with Crippen molar-refractivity contribution in [2.45, 2.75) is 6.10 Å². The van der Waals surface area contributed by atoms with E-state index in [1.165, 1.54) is 0 Å². The molecule has 0 radical (unpaired) electrons. The Kier molecular flexibility index (Phi) is 5.55. The number of aromatic carboxylic acids is 1. The van der Waals surface area contributed by atoms with Gasteiger partial charge in [-0.15, -0.1) is 0 Å². The molecule has 29 heavy (non-hydrogen) atoms. The minimum absolute atomic E-state index is 0.0588. The predicted molar refractivity (Wildman–Crippen MR) is 120 cm³/mol. The second kappa shape index (κ2) is 8.26. The average Bonchev–Trinajstić information content (AvgIpc) is 3.20. The molecule has 2 N–H and O–H groups in total. The first-order chi connectivity index (χ1) is 14.0. The Hall–Kier alpha value is -2.84. The fourth-order valence-electron chi connectivity index (χ4n) is 3.26. The van der Waals surface area contributed by atoms with Crippen LogP contribution in [0, 0.1) is 0 Å². The van der Waals surface area contributed by atoms with Crippen molar-refractivity contribution in [3.05, 3.63) is 77.0 Å². The van der Waals surface area contributed by atoms with E-state index in [2.05, 4.69) is 26.1 Å². The molecule has 0 bridgehead atoms. The molecule has 2 heterocycles. The molecule has 1 aliphatic heterocycles. The lowest BCUT2D eigenvalue weighted by Crippen LogP contribution is -2.53. The van der Waals surface area contributed by atoms with Gasteiger partial charge in [-0.05, 0) is 60.7 Å². The molecule has 0 aliphatic carbocycles. The molecule has 3 aromatic rings. The van der Waals surface area contributed by atoms with Crippen LogP contribution in [0.4, 0.5) is 11.4 Å². The Morgan fingerprint density at radius 3 is 2.45 bits per heavy atom. The summed E-state index contributed by atoms with van der Waals surface area (Å²) in [5.74, 6) is -0.955. The first-order valence-corrected chi connectivity index (χ1v) is 10.2. The van der Waals surface area contributed by atoms with E-state index < -0.39 is 5.97 Å². The van der Waals surface area contributed by atoms with E-state index in [1.54, 1.807) is 12.1 Å². The van der Waals surface area contributed by atoms with Crippen molar-refractivity contribution < 1.29 is 14.6 Å². The van der Waals surface area contributed by atoms with Crippen molar-refractivity contribution >= 4 is 50.7 Å². The van der Waals surface area contributed by atoms with E-state index in [0.29, 0.717) is 24.0 Å². The van der Waals surface area contributed by atoms with Crippen molar-refractivity contribution in [3.63, 3.8) is 0 Å². The topological polar surface area (TPSA) is 66.7 Å². The summed E-state index contributed by atoms with van der Waals surface area (Å²) in [5, 5.41) is 13.0. The predicted octanol–water partition coefficient (Wildman–Crippen LogP) is 4.54. The number of hydrogen-bond acceptors (Lipinski definition) is 4. The van der Waals surface area contributed by atoms with E-state index in [1.807, 2.05) is 59.4 Å². The molecule has 0 saturated carbocycles. The first kappa shape index (κ1) is 19.5. The smallest absolute Gasteiger partial charge is 0.337 e. The molecule has 6 nitrogen and oxygen atoms in total. The number of benzene rings is 2. The van der Waals surface area contributed by atoms with Crippen LogP contribution in [0.5, 0.6) is 0 Å². The van der Waals surface area contributed by atoms with Crippen LogP contribution >= 0.6 is 28.1 Å². The van der Waals surface area contributed by atoms with Gasteiger partial charge in [0, 0.05) is 22.6 Å². The third-order valence-electron chi connectivity index (χ3n) is 4.66. The van der Waals surface area contributed by atoms with E-state index >= 15 is 0 Å². The van der Waals surface area contributed by atoms with E-state index in [9.17, 15) is 9.90 Å². The number of halogens is 1. The zero-order valence-corrected chi connectivity index (χ0v) is 17.7. The lowest BCUT2D eigenvalue weighted by atomic mass is 10.1. The van der Waals surface area contributed by atoms with Crippen LogP contribution in [0.1, 0.15) is 10.4 Å². The van der Waals surface area contributed by atoms with Crippen LogP contribution in [-0.2, 0) is 4.74 Å². The standard InChI is InChI=1S/C21H18BrN3O3S/c22-14-6-8-15(9-7-14)23-21(29)28-16-12-25(13-16)18-5-3-4-17(20(26)27)19(18)24-10-1-2-11-24/h1-11,16H,12-13H2,(H,23,29)(H,26,27). The molecule has 1 aromatic heterocycles. The number of nitrogens with one attached hydrogen (secondary N) is 1. The molecular weight excluding hydrogens is 454 g/mol. The highest BCUT2D eigenvalue weighted by atomic mass is 79.9. The Bertz CT molecular complexity index is 1030. The molecule has 4 rings (SSSR count). The van der Waals surface area contributed by atoms with Gasteiger partial charge in [0.05, 0.1) is 30.0 Å². The average molecular weight is 472 g/mol. The maximum Gasteiger partial charge on any atom is 0.337 e.